The molecular weight excluding hydrogens is 416 g/mol. The first-order valence-corrected chi connectivity index (χ1v) is 12.0. The second-order valence-corrected chi connectivity index (χ2v) is 10.1. The summed E-state index contributed by atoms with van der Waals surface area (Å²) in [5.74, 6) is -0.497. The molecule has 33 heavy (non-hydrogen) atoms. The van der Waals surface area contributed by atoms with Gasteiger partial charge in [-0.15, -0.1) is 0 Å². The van der Waals surface area contributed by atoms with Crippen molar-refractivity contribution in [3.63, 3.8) is 0 Å². The van der Waals surface area contributed by atoms with Gasteiger partial charge in [0.2, 0.25) is 0 Å². The van der Waals surface area contributed by atoms with Crippen LogP contribution in [0, 0.1) is 0 Å². The van der Waals surface area contributed by atoms with Crippen molar-refractivity contribution in [2.75, 3.05) is 19.6 Å². The topological polar surface area (TPSA) is 81.1 Å². The minimum absolute atomic E-state index is 0.226. The number of carbonyl (C=O) groups excluding carboxylic acids is 2. The van der Waals surface area contributed by atoms with Crippen molar-refractivity contribution < 1.29 is 19.8 Å². The molecule has 174 valence electrons. The number of hydrogen-bond donors (Lipinski definition) is 2. The standard InChI is InChI=1S/C27H32N2O4/c1-19-18-28(24(30)26(32)12-10-20-6-2-4-8-22(20)16-26)14-15-29(19)25(31)27(33)13-11-21-7-3-5-9-23(21)17-27/h2-9,19,32-33H,10-18H2,1H3/t19-,26?,27?/m0/s1. The maximum atomic E-state index is 13.4. The molecule has 6 heteroatoms. The van der Waals surface area contributed by atoms with Crippen molar-refractivity contribution >= 4 is 11.8 Å². The molecule has 2 aliphatic carbocycles. The average Bonchev–Trinajstić information content (AvgIpc) is 2.83. The molecule has 2 N–H and O–H groups in total. The number of piperazine rings is 1. The first-order valence-electron chi connectivity index (χ1n) is 12.0. The summed E-state index contributed by atoms with van der Waals surface area (Å²) in [4.78, 5) is 30.1. The van der Waals surface area contributed by atoms with Crippen molar-refractivity contribution in [3.05, 3.63) is 70.8 Å². The molecule has 0 bridgehead atoms. The van der Waals surface area contributed by atoms with Crippen LogP contribution in [-0.4, -0.2) is 68.7 Å². The third kappa shape index (κ3) is 3.96. The molecule has 6 nitrogen and oxygen atoms in total. The molecule has 2 aromatic rings. The number of nitrogens with zero attached hydrogens (tertiary/aromatic N) is 2. The molecule has 3 aliphatic rings. The molecule has 2 unspecified atom stereocenters. The molecule has 0 aromatic heterocycles. The lowest BCUT2D eigenvalue weighted by atomic mass is 9.79. The molecule has 2 amide bonds. The minimum atomic E-state index is -1.40. The van der Waals surface area contributed by atoms with Crippen molar-refractivity contribution in [3.8, 4) is 0 Å². The van der Waals surface area contributed by atoms with Crippen LogP contribution < -0.4 is 0 Å². The summed E-state index contributed by atoms with van der Waals surface area (Å²) in [7, 11) is 0. The number of rotatable bonds is 2. The molecule has 2 aromatic carbocycles. The number of fused-ring (bicyclic) bond motifs is 2. The molecule has 0 saturated carbocycles. The van der Waals surface area contributed by atoms with Gasteiger partial charge in [0.1, 0.15) is 11.2 Å². The number of aliphatic hydroxyl groups is 2. The van der Waals surface area contributed by atoms with Gasteiger partial charge in [0, 0.05) is 38.5 Å². The minimum Gasteiger partial charge on any atom is -0.380 e. The van der Waals surface area contributed by atoms with Gasteiger partial charge in [-0.2, -0.15) is 0 Å². The quantitative estimate of drug-likeness (QED) is 0.735. The van der Waals surface area contributed by atoms with Gasteiger partial charge in [-0.05, 0) is 54.9 Å². The van der Waals surface area contributed by atoms with Crippen LogP contribution in [0.2, 0.25) is 0 Å². The van der Waals surface area contributed by atoms with Crippen LogP contribution in [0.4, 0.5) is 0 Å². The Bertz CT molecular complexity index is 1090. The largest absolute Gasteiger partial charge is 0.380 e. The normalized spacial score (nSPS) is 29.2. The summed E-state index contributed by atoms with van der Waals surface area (Å²) in [6.07, 6.45) is 2.84. The van der Waals surface area contributed by atoms with Crippen molar-refractivity contribution in [2.24, 2.45) is 0 Å². The van der Waals surface area contributed by atoms with E-state index in [1.165, 1.54) is 11.1 Å². The monoisotopic (exact) mass is 448 g/mol. The zero-order valence-electron chi connectivity index (χ0n) is 19.2. The predicted octanol–water partition coefficient (Wildman–Crippen LogP) is 1.89. The lowest BCUT2D eigenvalue weighted by molar-refractivity contribution is -0.164. The fourth-order valence-electron chi connectivity index (χ4n) is 5.81. The Labute approximate surface area is 194 Å². The van der Waals surface area contributed by atoms with E-state index < -0.39 is 11.2 Å². The SMILES string of the molecule is C[C@H]1CN(C(=O)C2(O)CCc3ccccc3C2)CCN1C(=O)C1(O)CCc2ccccc2C1. The van der Waals surface area contributed by atoms with Gasteiger partial charge in [0.15, 0.2) is 0 Å². The summed E-state index contributed by atoms with van der Waals surface area (Å²) in [5, 5.41) is 22.5. The van der Waals surface area contributed by atoms with Crippen LogP contribution in [0.5, 0.6) is 0 Å². The van der Waals surface area contributed by atoms with Crippen LogP contribution >= 0.6 is 0 Å². The predicted molar refractivity (Wildman–Crippen MR) is 125 cm³/mol. The zero-order valence-corrected chi connectivity index (χ0v) is 19.2. The third-order valence-electron chi connectivity index (χ3n) is 7.79. The molecule has 0 radical (unpaired) electrons. The molecule has 1 fully saturated rings. The molecule has 1 saturated heterocycles. The maximum Gasteiger partial charge on any atom is 0.255 e. The van der Waals surface area contributed by atoms with E-state index >= 15 is 0 Å². The lowest BCUT2D eigenvalue weighted by Crippen LogP contribution is -2.64. The van der Waals surface area contributed by atoms with Gasteiger partial charge in [0.05, 0.1) is 0 Å². The fourth-order valence-corrected chi connectivity index (χ4v) is 5.81. The third-order valence-corrected chi connectivity index (χ3v) is 7.79. The molecule has 3 atom stereocenters. The Hall–Kier alpha value is -2.70. The van der Waals surface area contributed by atoms with E-state index in [9.17, 15) is 19.8 Å². The van der Waals surface area contributed by atoms with Gasteiger partial charge in [-0.25, -0.2) is 0 Å². The molecular formula is C27H32N2O4. The molecule has 5 rings (SSSR count). The van der Waals surface area contributed by atoms with Crippen LogP contribution in [-0.2, 0) is 35.3 Å². The smallest absolute Gasteiger partial charge is 0.255 e. The molecule has 1 aliphatic heterocycles. The van der Waals surface area contributed by atoms with Crippen molar-refractivity contribution in [1.29, 1.82) is 0 Å². The van der Waals surface area contributed by atoms with E-state index in [0.717, 1.165) is 11.1 Å². The van der Waals surface area contributed by atoms with Gasteiger partial charge < -0.3 is 20.0 Å². The number of aryl methyl sites for hydroxylation is 2. The Morgan fingerprint density at radius 1 is 0.788 bits per heavy atom. The van der Waals surface area contributed by atoms with Crippen LogP contribution in [0.3, 0.4) is 0 Å². The summed E-state index contributed by atoms with van der Waals surface area (Å²) in [6.45, 7) is 3.01. The van der Waals surface area contributed by atoms with Crippen molar-refractivity contribution in [2.45, 2.75) is 62.7 Å². The highest BCUT2D eigenvalue weighted by atomic mass is 16.3. The molecule has 0 spiro atoms. The van der Waals surface area contributed by atoms with E-state index in [1.807, 2.05) is 43.3 Å². The van der Waals surface area contributed by atoms with Crippen LogP contribution in [0.15, 0.2) is 48.5 Å². The highest BCUT2D eigenvalue weighted by Gasteiger charge is 2.47. The number of amides is 2. The molecule has 1 heterocycles. The summed E-state index contributed by atoms with van der Waals surface area (Å²) in [5.41, 5.74) is 1.65. The van der Waals surface area contributed by atoms with E-state index in [-0.39, 0.29) is 17.9 Å². The fraction of sp³-hybridized carbons (Fsp3) is 0.481. The second kappa shape index (κ2) is 8.26. The maximum absolute atomic E-state index is 13.4. The van der Waals surface area contributed by atoms with Crippen molar-refractivity contribution in [1.82, 2.24) is 9.80 Å². The van der Waals surface area contributed by atoms with Crippen LogP contribution in [0.25, 0.3) is 0 Å². The summed E-state index contributed by atoms with van der Waals surface area (Å²) >= 11 is 0. The van der Waals surface area contributed by atoms with E-state index in [4.69, 9.17) is 0 Å². The van der Waals surface area contributed by atoms with E-state index in [2.05, 4.69) is 12.1 Å². The van der Waals surface area contributed by atoms with Gasteiger partial charge in [0.25, 0.3) is 11.8 Å². The number of carbonyl (C=O) groups is 2. The highest BCUT2D eigenvalue weighted by Crippen LogP contribution is 2.33. The Balaban J connectivity index is 1.26. The Morgan fingerprint density at radius 2 is 1.27 bits per heavy atom. The summed E-state index contributed by atoms with van der Waals surface area (Å²) in [6, 6.07) is 15.7. The van der Waals surface area contributed by atoms with E-state index in [1.54, 1.807) is 9.80 Å². The van der Waals surface area contributed by atoms with Gasteiger partial charge >= 0.3 is 0 Å². The van der Waals surface area contributed by atoms with Gasteiger partial charge in [-0.3, -0.25) is 9.59 Å². The number of hydrogen-bond acceptors (Lipinski definition) is 4. The van der Waals surface area contributed by atoms with Crippen LogP contribution in [0.1, 0.15) is 42.0 Å². The zero-order chi connectivity index (χ0) is 23.2. The first kappa shape index (κ1) is 22.1. The van der Waals surface area contributed by atoms with E-state index in [0.29, 0.717) is 58.2 Å². The first-order chi connectivity index (χ1) is 15.8. The lowest BCUT2D eigenvalue weighted by Gasteiger charge is -2.46. The average molecular weight is 449 g/mol. The second-order valence-electron chi connectivity index (χ2n) is 10.1. The Kier molecular flexibility index (Phi) is 5.53. The number of benzene rings is 2. The van der Waals surface area contributed by atoms with Gasteiger partial charge in [-0.1, -0.05) is 48.5 Å². The highest BCUT2D eigenvalue weighted by molar-refractivity contribution is 5.88. The summed E-state index contributed by atoms with van der Waals surface area (Å²) < 4.78 is 0. The Morgan fingerprint density at radius 3 is 1.79 bits per heavy atom.